The average molecular weight is 329 g/mol. The molecule has 0 aliphatic carbocycles. The smallest absolute Gasteiger partial charge is 0.227 e. The van der Waals surface area contributed by atoms with Crippen LogP contribution in [0.5, 0.6) is 5.75 Å². The van der Waals surface area contributed by atoms with Gasteiger partial charge in [0.1, 0.15) is 11.6 Å². The van der Waals surface area contributed by atoms with Gasteiger partial charge in [-0.15, -0.1) is 0 Å². The van der Waals surface area contributed by atoms with Gasteiger partial charge in [0.25, 0.3) is 0 Å². The van der Waals surface area contributed by atoms with Gasteiger partial charge in [0.05, 0.1) is 25.7 Å². The molecule has 5 heteroatoms. The number of aliphatic hydroxyl groups is 1. The van der Waals surface area contributed by atoms with Crippen LogP contribution in [-0.4, -0.2) is 35.7 Å². The largest absolute Gasteiger partial charge is 0.497 e. The van der Waals surface area contributed by atoms with Gasteiger partial charge in [-0.25, -0.2) is 4.39 Å². The third-order valence-electron chi connectivity index (χ3n) is 4.37. The quantitative estimate of drug-likeness (QED) is 0.938. The van der Waals surface area contributed by atoms with Crippen molar-refractivity contribution in [2.75, 3.05) is 13.7 Å². The number of hydrogen-bond donors (Lipinski definition) is 1. The number of benzene rings is 2. The molecule has 1 aliphatic rings. The molecule has 2 aromatic rings. The predicted octanol–water partition coefficient (Wildman–Crippen LogP) is 2.71. The van der Waals surface area contributed by atoms with Crippen molar-refractivity contribution in [2.24, 2.45) is 0 Å². The Balaban J connectivity index is 1.75. The molecule has 1 heterocycles. The first-order chi connectivity index (χ1) is 11.6. The first-order valence-corrected chi connectivity index (χ1v) is 7.92. The fourth-order valence-corrected chi connectivity index (χ4v) is 3.11. The first-order valence-electron chi connectivity index (χ1n) is 7.92. The van der Waals surface area contributed by atoms with Crippen LogP contribution in [0.3, 0.4) is 0 Å². The van der Waals surface area contributed by atoms with Crippen LogP contribution in [0.25, 0.3) is 0 Å². The van der Waals surface area contributed by atoms with Crippen molar-refractivity contribution in [1.82, 2.24) is 4.90 Å². The monoisotopic (exact) mass is 329 g/mol. The van der Waals surface area contributed by atoms with E-state index < -0.39 is 6.10 Å². The van der Waals surface area contributed by atoms with Gasteiger partial charge in [0, 0.05) is 6.54 Å². The van der Waals surface area contributed by atoms with E-state index in [4.69, 9.17) is 4.74 Å². The van der Waals surface area contributed by atoms with E-state index in [2.05, 4.69) is 0 Å². The van der Waals surface area contributed by atoms with Crippen molar-refractivity contribution >= 4 is 5.91 Å². The second-order valence-corrected chi connectivity index (χ2v) is 6.03. The van der Waals surface area contributed by atoms with Crippen molar-refractivity contribution in [1.29, 1.82) is 0 Å². The second kappa shape index (κ2) is 7.01. The lowest BCUT2D eigenvalue weighted by Gasteiger charge is -2.25. The molecule has 0 unspecified atom stereocenters. The summed E-state index contributed by atoms with van der Waals surface area (Å²) in [6, 6.07) is 13.2. The topological polar surface area (TPSA) is 49.8 Å². The van der Waals surface area contributed by atoms with Gasteiger partial charge in [0.2, 0.25) is 5.91 Å². The molecule has 126 valence electrons. The summed E-state index contributed by atoms with van der Waals surface area (Å²) in [7, 11) is 1.60. The van der Waals surface area contributed by atoms with E-state index in [0.29, 0.717) is 13.0 Å². The zero-order valence-corrected chi connectivity index (χ0v) is 13.5. The fourth-order valence-electron chi connectivity index (χ4n) is 3.11. The Morgan fingerprint density at radius 3 is 2.50 bits per heavy atom. The van der Waals surface area contributed by atoms with Crippen molar-refractivity contribution in [2.45, 2.75) is 25.0 Å². The minimum absolute atomic E-state index is 0.0500. The van der Waals surface area contributed by atoms with E-state index in [9.17, 15) is 14.3 Å². The zero-order valence-electron chi connectivity index (χ0n) is 13.5. The lowest BCUT2D eigenvalue weighted by Crippen LogP contribution is -2.33. The molecule has 4 nitrogen and oxygen atoms in total. The molecule has 0 bridgehead atoms. The third-order valence-corrected chi connectivity index (χ3v) is 4.37. The van der Waals surface area contributed by atoms with Crippen LogP contribution in [0.1, 0.15) is 23.6 Å². The van der Waals surface area contributed by atoms with Gasteiger partial charge >= 0.3 is 0 Å². The molecule has 1 fully saturated rings. The highest BCUT2D eigenvalue weighted by Gasteiger charge is 2.35. The number of likely N-dealkylation sites (tertiary alicyclic amines) is 1. The number of rotatable bonds is 4. The number of carbonyl (C=O) groups excluding carboxylic acids is 1. The number of halogens is 1. The van der Waals surface area contributed by atoms with E-state index in [0.717, 1.165) is 16.9 Å². The second-order valence-electron chi connectivity index (χ2n) is 6.03. The van der Waals surface area contributed by atoms with Gasteiger partial charge in [-0.05, 0) is 41.8 Å². The molecule has 0 radical (unpaired) electrons. The average Bonchev–Trinajstić information content (AvgIpc) is 2.98. The van der Waals surface area contributed by atoms with Crippen LogP contribution >= 0.6 is 0 Å². The molecule has 1 amide bonds. The summed E-state index contributed by atoms with van der Waals surface area (Å²) in [6.07, 6.45) is 0.175. The van der Waals surface area contributed by atoms with E-state index in [1.165, 1.54) is 12.1 Å². The summed E-state index contributed by atoms with van der Waals surface area (Å²) < 4.78 is 18.2. The Kier molecular flexibility index (Phi) is 4.81. The van der Waals surface area contributed by atoms with Gasteiger partial charge in [-0.1, -0.05) is 24.3 Å². The summed E-state index contributed by atoms with van der Waals surface area (Å²) in [6.45, 7) is 0.303. The van der Waals surface area contributed by atoms with Crippen LogP contribution < -0.4 is 4.74 Å². The normalized spacial score (nSPS) is 20.2. The lowest BCUT2D eigenvalue weighted by atomic mass is 10.0. The number of methoxy groups -OCH3 is 1. The van der Waals surface area contributed by atoms with Crippen LogP contribution in [0, 0.1) is 5.82 Å². The van der Waals surface area contributed by atoms with Gasteiger partial charge in [0.15, 0.2) is 0 Å². The van der Waals surface area contributed by atoms with Crippen LogP contribution in [0.4, 0.5) is 4.39 Å². The minimum Gasteiger partial charge on any atom is -0.497 e. The molecule has 1 aliphatic heterocycles. The SMILES string of the molecule is COc1ccc(CC(=O)N2C[C@H](O)C[C@H]2c2ccc(F)cc2)cc1. The Labute approximate surface area is 140 Å². The molecule has 3 rings (SSSR count). The van der Waals surface area contributed by atoms with Crippen LogP contribution in [-0.2, 0) is 11.2 Å². The number of nitrogens with zero attached hydrogens (tertiary/aromatic N) is 1. The van der Waals surface area contributed by atoms with Gasteiger partial charge in [-0.2, -0.15) is 0 Å². The Hall–Kier alpha value is -2.40. The Morgan fingerprint density at radius 2 is 1.88 bits per heavy atom. The molecular weight excluding hydrogens is 309 g/mol. The van der Waals surface area contributed by atoms with Crippen molar-refractivity contribution < 1.29 is 19.0 Å². The highest BCUT2D eigenvalue weighted by Crippen LogP contribution is 2.32. The van der Waals surface area contributed by atoms with E-state index in [-0.39, 0.29) is 24.2 Å². The number of carbonyl (C=O) groups is 1. The fraction of sp³-hybridized carbons (Fsp3) is 0.316. The Morgan fingerprint density at radius 1 is 1.21 bits per heavy atom. The number of ether oxygens (including phenoxy) is 1. The van der Waals surface area contributed by atoms with E-state index >= 15 is 0 Å². The number of amides is 1. The van der Waals surface area contributed by atoms with Crippen molar-refractivity contribution in [3.8, 4) is 5.75 Å². The first kappa shape index (κ1) is 16.5. The molecule has 0 aromatic heterocycles. The number of β-amino-alcohol motifs (C(OH)–C–C–N with tert-alkyl or cyclic N) is 1. The predicted molar refractivity (Wildman–Crippen MR) is 88.2 cm³/mol. The standard InChI is InChI=1S/C19H20FNO3/c1-24-17-8-2-13(3-9-17)10-19(23)21-12-16(22)11-18(21)14-4-6-15(20)7-5-14/h2-9,16,18,22H,10-12H2,1H3/t16-,18+/m1/s1. The molecule has 0 spiro atoms. The third kappa shape index (κ3) is 3.57. The summed E-state index contributed by atoms with van der Waals surface area (Å²) in [5.41, 5.74) is 1.73. The van der Waals surface area contributed by atoms with Crippen molar-refractivity contribution in [3.63, 3.8) is 0 Å². The summed E-state index contributed by atoms with van der Waals surface area (Å²) in [5, 5.41) is 9.98. The minimum atomic E-state index is -0.556. The van der Waals surface area contributed by atoms with Gasteiger partial charge in [-0.3, -0.25) is 4.79 Å². The van der Waals surface area contributed by atoms with Crippen LogP contribution in [0.2, 0.25) is 0 Å². The molecule has 1 N–H and O–H groups in total. The molecule has 1 saturated heterocycles. The maximum atomic E-state index is 13.1. The summed E-state index contributed by atoms with van der Waals surface area (Å²) in [4.78, 5) is 14.4. The molecule has 24 heavy (non-hydrogen) atoms. The lowest BCUT2D eigenvalue weighted by molar-refractivity contribution is -0.131. The highest BCUT2D eigenvalue weighted by atomic mass is 19.1. The van der Waals surface area contributed by atoms with E-state index in [1.54, 1.807) is 24.1 Å². The van der Waals surface area contributed by atoms with E-state index in [1.807, 2.05) is 24.3 Å². The molecular formula is C19H20FNO3. The maximum Gasteiger partial charge on any atom is 0.227 e. The molecule has 0 saturated carbocycles. The van der Waals surface area contributed by atoms with Gasteiger partial charge < -0.3 is 14.7 Å². The summed E-state index contributed by atoms with van der Waals surface area (Å²) >= 11 is 0. The highest BCUT2D eigenvalue weighted by molar-refractivity contribution is 5.79. The van der Waals surface area contributed by atoms with Crippen LogP contribution in [0.15, 0.2) is 48.5 Å². The molecule has 2 atom stereocenters. The number of aliphatic hydroxyl groups excluding tert-OH is 1. The number of hydrogen-bond acceptors (Lipinski definition) is 3. The zero-order chi connectivity index (χ0) is 17.1. The maximum absolute atomic E-state index is 13.1. The molecule has 2 aromatic carbocycles. The summed E-state index contributed by atoms with van der Waals surface area (Å²) in [5.74, 6) is 0.381. The Bertz CT molecular complexity index is 700. The van der Waals surface area contributed by atoms with Crippen molar-refractivity contribution in [3.05, 3.63) is 65.5 Å².